The molecule has 0 aliphatic carbocycles. The van der Waals surface area contributed by atoms with Gasteiger partial charge < -0.3 is 20.0 Å². The van der Waals surface area contributed by atoms with Crippen LogP contribution in [0, 0.1) is 6.92 Å². The van der Waals surface area contributed by atoms with Crippen LogP contribution in [0.4, 0.5) is 4.79 Å². The lowest BCUT2D eigenvalue weighted by atomic mass is 10.0. The first-order chi connectivity index (χ1) is 9.65. The summed E-state index contributed by atoms with van der Waals surface area (Å²) in [5, 5.41) is 13.4. The Labute approximate surface area is 125 Å². The Morgan fingerprint density at radius 3 is 2.52 bits per heavy atom. The molecule has 1 aromatic rings. The molecule has 5 heteroatoms. The minimum atomic E-state index is -1.20. The molecule has 5 nitrogen and oxygen atoms in total. The van der Waals surface area contributed by atoms with Gasteiger partial charge in [0.1, 0.15) is 5.60 Å². The smallest absolute Gasteiger partial charge is 0.407 e. The molecule has 0 fully saturated rings. The fourth-order valence-corrected chi connectivity index (χ4v) is 1.97. The van der Waals surface area contributed by atoms with Crippen LogP contribution in [0.25, 0.3) is 0 Å². The highest BCUT2D eigenvalue weighted by atomic mass is 16.6. The number of carboxylic acids is 1. The van der Waals surface area contributed by atoms with Crippen molar-refractivity contribution >= 4 is 12.1 Å². The van der Waals surface area contributed by atoms with Crippen LogP contribution < -0.4 is 10.4 Å². The Morgan fingerprint density at radius 2 is 2.00 bits per heavy atom. The van der Waals surface area contributed by atoms with Gasteiger partial charge in [-0.2, -0.15) is 0 Å². The molecule has 21 heavy (non-hydrogen) atoms. The van der Waals surface area contributed by atoms with Gasteiger partial charge in [-0.05, 0) is 39.7 Å². The summed E-state index contributed by atoms with van der Waals surface area (Å²) in [5.41, 5.74) is 1.41. The minimum Gasteiger partial charge on any atom is -0.550 e. The Balaban J connectivity index is 2.72. The summed E-state index contributed by atoms with van der Waals surface area (Å²) in [6, 6.07) is 7.14. The predicted molar refractivity (Wildman–Crippen MR) is 77.7 cm³/mol. The van der Waals surface area contributed by atoms with Crippen molar-refractivity contribution in [1.29, 1.82) is 0 Å². The quantitative estimate of drug-likeness (QED) is 0.893. The van der Waals surface area contributed by atoms with Crippen LogP contribution >= 0.6 is 0 Å². The van der Waals surface area contributed by atoms with Crippen LogP contribution in [-0.2, 0) is 16.0 Å². The first-order valence-corrected chi connectivity index (χ1v) is 6.90. The summed E-state index contributed by atoms with van der Waals surface area (Å²) in [5.74, 6) is -1.20. The highest BCUT2D eigenvalue weighted by Crippen LogP contribution is 2.11. The molecule has 0 bridgehead atoms. The fraction of sp³-hybridized carbons (Fsp3) is 0.500. The molecule has 1 rings (SSSR count). The van der Waals surface area contributed by atoms with E-state index in [1.165, 1.54) is 0 Å². The van der Waals surface area contributed by atoms with Crippen molar-refractivity contribution in [3.63, 3.8) is 0 Å². The molecule has 1 atom stereocenters. The van der Waals surface area contributed by atoms with Crippen molar-refractivity contribution in [2.75, 3.05) is 0 Å². The normalized spacial score (nSPS) is 12.6. The van der Waals surface area contributed by atoms with Gasteiger partial charge in [-0.25, -0.2) is 4.79 Å². The zero-order valence-corrected chi connectivity index (χ0v) is 12.9. The maximum atomic E-state index is 11.8. The van der Waals surface area contributed by atoms with Crippen molar-refractivity contribution in [3.05, 3.63) is 35.4 Å². The lowest BCUT2D eigenvalue weighted by molar-refractivity contribution is -0.306. The van der Waals surface area contributed by atoms with E-state index >= 15 is 0 Å². The third-order valence-electron chi connectivity index (χ3n) is 2.70. The van der Waals surface area contributed by atoms with Gasteiger partial charge in [-0.3, -0.25) is 0 Å². The second-order valence-corrected chi connectivity index (χ2v) is 6.11. The molecule has 0 aliphatic rings. The maximum Gasteiger partial charge on any atom is 0.407 e. The largest absolute Gasteiger partial charge is 0.550 e. The van der Waals surface area contributed by atoms with Gasteiger partial charge in [-0.15, -0.1) is 0 Å². The molecular formula is C16H22NO4-. The van der Waals surface area contributed by atoms with Crippen LogP contribution in [0.15, 0.2) is 24.3 Å². The summed E-state index contributed by atoms with van der Waals surface area (Å²) < 4.78 is 5.15. The molecule has 0 radical (unpaired) electrons. The van der Waals surface area contributed by atoms with Gasteiger partial charge in [0.15, 0.2) is 0 Å². The van der Waals surface area contributed by atoms with Crippen LogP contribution in [-0.4, -0.2) is 23.7 Å². The van der Waals surface area contributed by atoms with Crippen LogP contribution in [0.2, 0.25) is 0 Å². The molecule has 0 aliphatic heterocycles. The molecule has 0 unspecified atom stereocenters. The van der Waals surface area contributed by atoms with Gasteiger partial charge in [0, 0.05) is 18.4 Å². The number of carboxylic acid groups (broad SMARTS) is 1. The number of hydrogen-bond acceptors (Lipinski definition) is 4. The third-order valence-corrected chi connectivity index (χ3v) is 2.70. The lowest BCUT2D eigenvalue weighted by Crippen LogP contribution is -2.43. The van der Waals surface area contributed by atoms with E-state index in [1.54, 1.807) is 20.8 Å². The Hall–Kier alpha value is -2.04. The van der Waals surface area contributed by atoms with Gasteiger partial charge in [-0.1, -0.05) is 29.8 Å². The molecule has 1 amide bonds. The minimum absolute atomic E-state index is 0.257. The van der Waals surface area contributed by atoms with Gasteiger partial charge in [0.2, 0.25) is 0 Å². The predicted octanol–water partition coefficient (Wildman–Crippen LogP) is 1.57. The van der Waals surface area contributed by atoms with Crippen molar-refractivity contribution < 1.29 is 19.4 Å². The molecule has 0 saturated heterocycles. The van der Waals surface area contributed by atoms with E-state index in [0.717, 1.165) is 11.1 Å². The standard InChI is InChI=1S/C16H23NO4/c1-11-6-5-7-12(8-11)9-13(10-14(18)19)17-15(20)21-16(2,3)4/h5-8,13H,9-10H2,1-4H3,(H,17,20)(H,18,19)/p-1/t13-/m1/s1. The molecule has 0 spiro atoms. The topological polar surface area (TPSA) is 78.5 Å². The first kappa shape index (κ1) is 17.0. The van der Waals surface area contributed by atoms with Gasteiger partial charge in [0.05, 0.1) is 0 Å². The number of ether oxygens (including phenoxy) is 1. The number of benzene rings is 1. The summed E-state index contributed by atoms with van der Waals surface area (Å²) in [7, 11) is 0. The molecule has 1 N–H and O–H groups in total. The van der Waals surface area contributed by atoms with Gasteiger partial charge >= 0.3 is 6.09 Å². The average Bonchev–Trinajstić information content (AvgIpc) is 2.24. The number of amides is 1. The first-order valence-electron chi connectivity index (χ1n) is 6.90. The van der Waals surface area contributed by atoms with Crippen LogP contribution in [0.5, 0.6) is 0 Å². The van der Waals surface area contributed by atoms with E-state index in [4.69, 9.17) is 4.74 Å². The Morgan fingerprint density at radius 1 is 1.33 bits per heavy atom. The number of carbonyl (C=O) groups excluding carboxylic acids is 2. The van der Waals surface area contributed by atoms with E-state index in [2.05, 4.69) is 5.32 Å². The number of aliphatic carboxylic acids is 1. The molecule has 0 saturated carbocycles. The summed E-state index contributed by atoms with van der Waals surface area (Å²) in [6.07, 6.45) is -0.469. The summed E-state index contributed by atoms with van der Waals surface area (Å²) in [4.78, 5) is 22.6. The van der Waals surface area contributed by atoms with Crippen LogP contribution in [0.3, 0.4) is 0 Å². The van der Waals surface area contributed by atoms with Crippen molar-refractivity contribution in [2.24, 2.45) is 0 Å². The van der Waals surface area contributed by atoms with Gasteiger partial charge in [0.25, 0.3) is 0 Å². The number of rotatable bonds is 5. The molecule has 1 aromatic carbocycles. The maximum absolute atomic E-state index is 11.8. The van der Waals surface area contributed by atoms with Crippen molar-refractivity contribution in [2.45, 2.75) is 52.2 Å². The zero-order chi connectivity index (χ0) is 16.0. The van der Waals surface area contributed by atoms with Crippen LogP contribution in [0.1, 0.15) is 38.3 Å². The second kappa shape index (κ2) is 7.11. The lowest BCUT2D eigenvalue weighted by Gasteiger charge is -2.24. The summed E-state index contributed by atoms with van der Waals surface area (Å²) >= 11 is 0. The molecule has 0 aromatic heterocycles. The second-order valence-electron chi connectivity index (χ2n) is 6.11. The average molecular weight is 292 g/mol. The number of carbonyl (C=O) groups is 2. The monoisotopic (exact) mass is 292 g/mol. The number of alkyl carbamates (subject to hydrolysis) is 1. The van der Waals surface area contributed by atoms with E-state index in [-0.39, 0.29) is 6.42 Å². The Kier molecular flexibility index (Phi) is 5.76. The zero-order valence-electron chi connectivity index (χ0n) is 12.9. The number of aryl methyl sites for hydroxylation is 1. The SMILES string of the molecule is Cc1cccc(C[C@H](CC(=O)[O-])NC(=O)OC(C)(C)C)c1. The molecular weight excluding hydrogens is 270 g/mol. The highest BCUT2D eigenvalue weighted by Gasteiger charge is 2.20. The van der Waals surface area contributed by atoms with E-state index in [1.807, 2.05) is 31.2 Å². The molecule has 0 heterocycles. The van der Waals surface area contributed by atoms with Crippen molar-refractivity contribution in [3.8, 4) is 0 Å². The highest BCUT2D eigenvalue weighted by molar-refractivity contribution is 5.70. The molecule has 116 valence electrons. The van der Waals surface area contributed by atoms with Crippen molar-refractivity contribution in [1.82, 2.24) is 5.32 Å². The van der Waals surface area contributed by atoms with E-state index < -0.39 is 23.7 Å². The van der Waals surface area contributed by atoms with E-state index in [9.17, 15) is 14.7 Å². The Bertz CT molecular complexity index is 505. The fourth-order valence-electron chi connectivity index (χ4n) is 1.97. The van der Waals surface area contributed by atoms with E-state index in [0.29, 0.717) is 6.42 Å². The third kappa shape index (κ3) is 7.34. The summed E-state index contributed by atoms with van der Waals surface area (Å²) in [6.45, 7) is 7.21. The number of hydrogen-bond donors (Lipinski definition) is 1. The number of nitrogens with one attached hydrogen (secondary N) is 1.